The number of amides is 2. The zero-order chi connectivity index (χ0) is 9.56. The Morgan fingerprint density at radius 3 is 2.42 bits per heavy atom. The van der Waals surface area contributed by atoms with Crippen molar-refractivity contribution in [2.75, 3.05) is 13.2 Å². The third-order valence-corrected chi connectivity index (χ3v) is 0.922. The van der Waals surface area contributed by atoms with E-state index >= 15 is 0 Å². The van der Waals surface area contributed by atoms with Gasteiger partial charge in [0.25, 0.3) is 0 Å². The molecule has 0 heterocycles. The molecular weight excluding hydrogens is 164 g/mol. The average Bonchev–Trinajstić information content (AvgIpc) is 2.00. The molecule has 0 rings (SSSR count). The maximum absolute atomic E-state index is 10.6. The molecule has 2 amide bonds. The molecule has 0 radical (unpaired) electrons. The van der Waals surface area contributed by atoms with Gasteiger partial charge in [-0.2, -0.15) is 0 Å². The first-order valence-corrected chi connectivity index (χ1v) is 3.31. The maximum Gasteiger partial charge on any atom is 0.325 e. The fourth-order valence-electron chi connectivity index (χ4n) is 0.452. The molecule has 0 aromatic carbocycles. The lowest BCUT2D eigenvalue weighted by atomic mass is 10.5. The van der Waals surface area contributed by atoms with Crippen LogP contribution in [-0.2, 0) is 19.1 Å². The van der Waals surface area contributed by atoms with Gasteiger partial charge in [-0.1, -0.05) is 0 Å². The first-order valence-electron chi connectivity index (χ1n) is 3.31. The minimum Gasteiger partial charge on any atom is -0.465 e. The summed E-state index contributed by atoms with van der Waals surface area (Å²) in [6, 6.07) is 0. The molecule has 0 aliphatic rings. The van der Waals surface area contributed by atoms with Crippen molar-refractivity contribution in [2.24, 2.45) is 5.73 Å². The van der Waals surface area contributed by atoms with Crippen LogP contribution in [0.5, 0.6) is 0 Å². The van der Waals surface area contributed by atoms with E-state index in [0.717, 1.165) is 0 Å². The molecule has 6 nitrogen and oxygen atoms in total. The van der Waals surface area contributed by atoms with Gasteiger partial charge in [0.05, 0.1) is 6.61 Å². The molecule has 68 valence electrons. The lowest BCUT2D eigenvalue weighted by Crippen LogP contribution is -2.39. The summed E-state index contributed by atoms with van der Waals surface area (Å²) < 4.78 is 4.47. The fourth-order valence-corrected chi connectivity index (χ4v) is 0.452. The Balaban J connectivity index is 3.61. The Kier molecular flexibility index (Phi) is 4.43. The third-order valence-electron chi connectivity index (χ3n) is 0.922. The number of rotatable bonds is 3. The van der Waals surface area contributed by atoms with E-state index in [1.165, 1.54) is 0 Å². The van der Waals surface area contributed by atoms with Crippen molar-refractivity contribution < 1.29 is 19.1 Å². The Morgan fingerprint density at radius 2 is 2.00 bits per heavy atom. The molecule has 0 saturated carbocycles. The van der Waals surface area contributed by atoms with Crippen molar-refractivity contribution in [3.05, 3.63) is 0 Å². The number of nitrogens with one attached hydrogen (secondary N) is 1. The molecule has 0 atom stereocenters. The number of carbonyl (C=O) groups excluding carboxylic acids is 3. The Hall–Kier alpha value is -1.59. The molecule has 0 saturated heterocycles. The van der Waals surface area contributed by atoms with Crippen LogP contribution in [0.3, 0.4) is 0 Å². The van der Waals surface area contributed by atoms with Crippen molar-refractivity contribution in [2.45, 2.75) is 6.92 Å². The van der Waals surface area contributed by atoms with E-state index in [1.807, 2.05) is 5.32 Å². The van der Waals surface area contributed by atoms with Crippen molar-refractivity contribution in [3.8, 4) is 0 Å². The van der Waals surface area contributed by atoms with Crippen molar-refractivity contribution >= 4 is 17.8 Å². The summed E-state index contributed by atoms with van der Waals surface area (Å²) >= 11 is 0. The maximum atomic E-state index is 10.6. The second-order valence-corrected chi connectivity index (χ2v) is 1.85. The van der Waals surface area contributed by atoms with Gasteiger partial charge in [0.1, 0.15) is 6.54 Å². The second-order valence-electron chi connectivity index (χ2n) is 1.85. The topological polar surface area (TPSA) is 98.5 Å². The highest BCUT2D eigenvalue weighted by molar-refractivity contribution is 6.34. The van der Waals surface area contributed by atoms with Gasteiger partial charge in [-0.3, -0.25) is 14.4 Å². The average molecular weight is 174 g/mol. The van der Waals surface area contributed by atoms with Gasteiger partial charge in [-0.15, -0.1) is 0 Å². The Labute approximate surface area is 69.1 Å². The SMILES string of the molecule is CCOC(=O)CNC(=O)C(N)=O. The minimum atomic E-state index is -1.13. The molecular formula is C6H10N2O4. The Morgan fingerprint density at radius 1 is 1.42 bits per heavy atom. The highest BCUT2D eigenvalue weighted by Gasteiger charge is 2.09. The molecule has 3 N–H and O–H groups in total. The van der Waals surface area contributed by atoms with Crippen LogP contribution in [0.1, 0.15) is 6.92 Å². The van der Waals surface area contributed by atoms with Crippen molar-refractivity contribution in [3.63, 3.8) is 0 Å². The quantitative estimate of drug-likeness (QED) is 0.387. The van der Waals surface area contributed by atoms with Gasteiger partial charge in [0.2, 0.25) is 0 Å². The standard InChI is InChI=1S/C6H10N2O4/c1-2-12-4(9)3-8-6(11)5(7)10/h2-3H2,1H3,(H2,7,10)(H,8,11). The zero-order valence-corrected chi connectivity index (χ0v) is 6.62. The van der Waals surface area contributed by atoms with E-state index in [1.54, 1.807) is 6.92 Å². The molecule has 0 spiro atoms. The predicted octanol–water partition coefficient (Wildman–Crippen LogP) is -1.85. The fraction of sp³-hybridized carbons (Fsp3) is 0.500. The molecule has 0 fully saturated rings. The highest BCUT2D eigenvalue weighted by atomic mass is 16.5. The number of esters is 1. The summed E-state index contributed by atoms with van der Waals surface area (Å²) in [6.07, 6.45) is 0. The van der Waals surface area contributed by atoms with Crippen molar-refractivity contribution in [1.29, 1.82) is 0 Å². The molecule has 12 heavy (non-hydrogen) atoms. The highest BCUT2D eigenvalue weighted by Crippen LogP contribution is 1.74. The van der Waals surface area contributed by atoms with Crippen LogP contribution in [-0.4, -0.2) is 30.9 Å². The molecule has 0 aromatic heterocycles. The van der Waals surface area contributed by atoms with Crippen LogP contribution >= 0.6 is 0 Å². The van der Waals surface area contributed by atoms with Gasteiger partial charge in [0, 0.05) is 0 Å². The minimum absolute atomic E-state index is 0.227. The summed E-state index contributed by atoms with van der Waals surface area (Å²) in [5.41, 5.74) is 4.59. The monoisotopic (exact) mass is 174 g/mol. The van der Waals surface area contributed by atoms with Gasteiger partial charge >= 0.3 is 17.8 Å². The molecule has 0 aliphatic heterocycles. The lowest BCUT2D eigenvalue weighted by molar-refractivity contribution is -0.144. The van der Waals surface area contributed by atoms with E-state index in [0.29, 0.717) is 0 Å². The first kappa shape index (κ1) is 10.4. The van der Waals surface area contributed by atoms with Gasteiger partial charge in [-0.25, -0.2) is 0 Å². The predicted molar refractivity (Wildman–Crippen MR) is 38.8 cm³/mol. The summed E-state index contributed by atoms with van der Waals surface area (Å²) in [5, 5.41) is 1.98. The second kappa shape index (κ2) is 5.11. The van der Waals surface area contributed by atoms with Gasteiger partial charge in [0.15, 0.2) is 0 Å². The number of ether oxygens (including phenoxy) is 1. The van der Waals surface area contributed by atoms with Crippen LogP contribution in [0.4, 0.5) is 0 Å². The number of carbonyl (C=O) groups is 3. The number of primary amides is 1. The van der Waals surface area contributed by atoms with E-state index in [4.69, 9.17) is 0 Å². The molecule has 0 aliphatic carbocycles. The van der Waals surface area contributed by atoms with E-state index in [2.05, 4.69) is 10.5 Å². The lowest BCUT2D eigenvalue weighted by Gasteiger charge is -2.01. The number of nitrogens with two attached hydrogens (primary N) is 1. The van der Waals surface area contributed by atoms with Gasteiger partial charge in [-0.05, 0) is 6.92 Å². The zero-order valence-electron chi connectivity index (χ0n) is 6.62. The summed E-state index contributed by atoms with van der Waals surface area (Å²) in [4.78, 5) is 31.2. The van der Waals surface area contributed by atoms with E-state index < -0.39 is 17.8 Å². The molecule has 0 unspecified atom stereocenters. The van der Waals surface area contributed by atoms with E-state index in [-0.39, 0.29) is 13.2 Å². The molecule has 0 aromatic rings. The number of hydrogen-bond donors (Lipinski definition) is 2. The van der Waals surface area contributed by atoms with Crippen LogP contribution in [0.25, 0.3) is 0 Å². The van der Waals surface area contributed by atoms with Crippen LogP contribution < -0.4 is 11.1 Å². The van der Waals surface area contributed by atoms with Crippen LogP contribution in [0, 0.1) is 0 Å². The Bertz CT molecular complexity index is 202. The van der Waals surface area contributed by atoms with Gasteiger partial charge < -0.3 is 15.8 Å². The smallest absolute Gasteiger partial charge is 0.325 e. The molecule has 6 heteroatoms. The van der Waals surface area contributed by atoms with Crippen molar-refractivity contribution in [1.82, 2.24) is 5.32 Å². The summed E-state index contributed by atoms with van der Waals surface area (Å²) in [7, 11) is 0. The normalized spacial score (nSPS) is 8.75. The largest absolute Gasteiger partial charge is 0.465 e. The van der Waals surface area contributed by atoms with Crippen LogP contribution in [0.15, 0.2) is 0 Å². The van der Waals surface area contributed by atoms with E-state index in [9.17, 15) is 14.4 Å². The summed E-state index contributed by atoms with van der Waals surface area (Å²) in [5.74, 6) is -2.73. The number of hydrogen-bond acceptors (Lipinski definition) is 4. The summed E-state index contributed by atoms with van der Waals surface area (Å²) in [6.45, 7) is 1.52. The third kappa shape index (κ3) is 4.26. The van der Waals surface area contributed by atoms with Crippen LogP contribution in [0.2, 0.25) is 0 Å². The molecule has 0 bridgehead atoms. The first-order chi connectivity index (χ1) is 5.57.